The van der Waals surface area contributed by atoms with Gasteiger partial charge in [0.15, 0.2) is 5.78 Å². The van der Waals surface area contributed by atoms with E-state index in [1.54, 1.807) is 6.92 Å². The van der Waals surface area contributed by atoms with Crippen LogP contribution < -0.4 is 0 Å². The molecule has 0 radical (unpaired) electrons. The average molecular weight is 227 g/mol. The molecule has 1 nitrogen and oxygen atoms in total. The topological polar surface area (TPSA) is 17.1 Å². The molecule has 0 N–H and O–H groups in total. The van der Waals surface area contributed by atoms with E-state index in [2.05, 4.69) is 0 Å². The summed E-state index contributed by atoms with van der Waals surface area (Å²) < 4.78 is 13.5. The molecule has 0 bridgehead atoms. The highest BCUT2D eigenvalue weighted by Gasteiger charge is 2.40. The molecule has 0 heterocycles. The summed E-state index contributed by atoms with van der Waals surface area (Å²) >= 11 is 5.87. The van der Waals surface area contributed by atoms with Crippen LogP contribution in [0.2, 0.25) is 5.02 Å². The lowest BCUT2D eigenvalue weighted by atomic mass is 10.0. The van der Waals surface area contributed by atoms with Crippen LogP contribution in [0.25, 0.3) is 0 Å². The molecule has 2 unspecified atom stereocenters. The van der Waals surface area contributed by atoms with Gasteiger partial charge in [-0.25, -0.2) is 4.39 Å². The van der Waals surface area contributed by atoms with Crippen LogP contribution in [0.3, 0.4) is 0 Å². The van der Waals surface area contributed by atoms with Crippen molar-refractivity contribution < 1.29 is 9.18 Å². The molecule has 0 saturated heterocycles. The summed E-state index contributed by atoms with van der Waals surface area (Å²) in [7, 11) is 0. The van der Waals surface area contributed by atoms with Crippen molar-refractivity contribution in [2.75, 3.05) is 0 Å². The number of halogens is 2. The molecule has 2 atom stereocenters. The number of benzene rings is 1. The normalized spacial score (nSPS) is 24.0. The van der Waals surface area contributed by atoms with E-state index in [4.69, 9.17) is 11.6 Å². The molecule has 0 aliphatic heterocycles. The van der Waals surface area contributed by atoms with Crippen molar-refractivity contribution in [2.45, 2.75) is 20.3 Å². The zero-order valence-corrected chi connectivity index (χ0v) is 9.44. The highest BCUT2D eigenvalue weighted by molar-refractivity contribution is 6.31. The maximum absolute atomic E-state index is 13.5. The third-order valence-electron chi connectivity index (χ3n) is 2.96. The van der Waals surface area contributed by atoms with Crippen molar-refractivity contribution in [3.05, 3.63) is 34.1 Å². The minimum atomic E-state index is -0.457. The third-order valence-corrected chi connectivity index (χ3v) is 3.37. The number of Topliss-reactive ketones (excluding diaryl/α,β-unsaturated/α-hetero) is 1. The van der Waals surface area contributed by atoms with Crippen LogP contribution in [-0.4, -0.2) is 5.78 Å². The molecule has 3 heteroatoms. The number of aryl methyl sites for hydroxylation is 1. The number of ketones is 1. The minimum absolute atomic E-state index is 0.00160. The molecule has 15 heavy (non-hydrogen) atoms. The Morgan fingerprint density at radius 1 is 1.53 bits per heavy atom. The first-order valence-electron chi connectivity index (χ1n) is 5.00. The van der Waals surface area contributed by atoms with Gasteiger partial charge in [0.1, 0.15) is 5.82 Å². The van der Waals surface area contributed by atoms with Gasteiger partial charge in [0.2, 0.25) is 0 Å². The predicted molar refractivity (Wildman–Crippen MR) is 57.7 cm³/mol. The summed E-state index contributed by atoms with van der Waals surface area (Å²) in [5.41, 5.74) is 0.800. The van der Waals surface area contributed by atoms with E-state index < -0.39 is 5.82 Å². The molecule has 0 amide bonds. The van der Waals surface area contributed by atoms with Crippen LogP contribution in [0.4, 0.5) is 4.39 Å². The number of carbonyl (C=O) groups is 1. The van der Waals surface area contributed by atoms with Crippen molar-refractivity contribution in [2.24, 2.45) is 11.8 Å². The van der Waals surface area contributed by atoms with E-state index in [0.29, 0.717) is 16.5 Å². The molecule has 1 aromatic rings. The summed E-state index contributed by atoms with van der Waals surface area (Å²) in [4.78, 5) is 11.8. The van der Waals surface area contributed by atoms with Gasteiger partial charge in [-0.3, -0.25) is 4.79 Å². The Labute approximate surface area is 93.2 Å². The molecular formula is C12H12ClFO. The maximum Gasteiger partial charge on any atom is 0.169 e. The summed E-state index contributed by atoms with van der Waals surface area (Å²) in [6.45, 7) is 3.72. The second-order valence-electron chi connectivity index (χ2n) is 4.26. The Morgan fingerprint density at radius 3 is 2.67 bits per heavy atom. The van der Waals surface area contributed by atoms with Gasteiger partial charge in [0.25, 0.3) is 0 Å². The van der Waals surface area contributed by atoms with Gasteiger partial charge in [-0.1, -0.05) is 18.5 Å². The fourth-order valence-electron chi connectivity index (χ4n) is 1.72. The molecule has 80 valence electrons. The Balaban J connectivity index is 2.36. The molecule has 1 aromatic carbocycles. The Kier molecular flexibility index (Phi) is 2.55. The zero-order chi connectivity index (χ0) is 11.2. The van der Waals surface area contributed by atoms with Crippen molar-refractivity contribution in [3.8, 4) is 0 Å². The SMILES string of the molecule is Cc1cc(F)c(C(=O)C2CC2C)cc1Cl. The van der Waals surface area contributed by atoms with Crippen LogP contribution in [0.5, 0.6) is 0 Å². The van der Waals surface area contributed by atoms with Crippen molar-refractivity contribution in [3.63, 3.8) is 0 Å². The van der Waals surface area contributed by atoms with Gasteiger partial charge < -0.3 is 0 Å². The van der Waals surface area contributed by atoms with Gasteiger partial charge in [0, 0.05) is 10.9 Å². The molecule has 1 saturated carbocycles. The van der Waals surface area contributed by atoms with Crippen LogP contribution in [0.1, 0.15) is 29.3 Å². The fraction of sp³-hybridized carbons (Fsp3) is 0.417. The predicted octanol–water partition coefficient (Wildman–Crippen LogP) is 3.63. The van der Waals surface area contributed by atoms with E-state index in [9.17, 15) is 9.18 Å². The number of hydrogen-bond acceptors (Lipinski definition) is 1. The molecular weight excluding hydrogens is 215 g/mol. The second-order valence-corrected chi connectivity index (χ2v) is 4.67. The van der Waals surface area contributed by atoms with E-state index in [-0.39, 0.29) is 17.3 Å². The van der Waals surface area contributed by atoms with Crippen LogP contribution in [-0.2, 0) is 0 Å². The molecule has 0 aromatic heterocycles. The van der Waals surface area contributed by atoms with Crippen molar-refractivity contribution in [1.29, 1.82) is 0 Å². The highest BCUT2D eigenvalue weighted by atomic mass is 35.5. The summed E-state index contributed by atoms with van der Waals surface area (Å²) in [5.74, 6) is -0.182. The fourth-order valence-corrected chi connectivity index (χ4v) is 1.89. The Morgan fingerprint density at radius 2 is 2.13 bits per heavy atom. The van der Waals surface area contributed by atoms with Crippen molar-refractivity contribution in [1.82, 2.24) is 0 Å². The van der Waals surface area contributed by atoms with Crippen LogP contribution >= 0.6 is 11.6 Å². The highest BCUT2D eigenvalue weighted by Crippen LogP contribution is 2.41. The number of rotatable bonds is 2. The van der Waals surface area contributed by atoms with Gasteiger partial charge in [-0.05, 0) is 37.0 Å². The van der Waals surface area contributed by atoms with Gasteiger partial charge in [0.05, 0.1) is 5.56 Å². The van der Waals surface area contributed by atoms with E-state index in [0.717, 1.165) is 6.42 Å². The second kappa shape index (κ2) is 3.60. The Hall–Kier alpha value is -0.890. The first-order chi connectivity index (χ1) is 7.00. The summed E-state index contributed by atoms with van der Waals surface area (Å²) in [6, 6.07) is 2.77. The molecule has 1 aliphatic rings. The molecule has 2 rings (SSSR count). The summed E-state index contributed by atoms with van der Waals surface area (Å²) in [6.07, 6.45) is 0.865. The molecule has 0 spiro atoms. The summed E-state index contributed by atoms with van der Waals surface area (Å²) in [5, 5.41) is 0.452. The third kappa shape index (κ3) is 1.91. The first-order valence-corrected chi connectivity index (χ1v) is 5.38. The maximum atomic E-state index is 13.5. The quantitative estimate of drug-likeness (QED) is 0.704. The Bertz CT molecular complexity index is 428. The minimum Gasteiger partial charge on any atom is -0.294 e. The largest absolute Gasteiger partial charge is 0.294 e. The average Bonchev–Trinajstić information content (AvgIpc) is 2.88. The van der Waals surface area contributed by atoms with Gasteiger partial charge in [-0.2, -0.15) is 0 Å². The lowest BCUT2D eigenvalue weighted by molar-refractivity contribution is 0.0958. The number of hydrogen-bond donors (Lipinski definition) is 0. The van der Waals surface area contributed by atoms with Gasteiger partial charge in [-0.15, -0.1) is 0 Å². The van der Waals surface area contributed by atoms with Crippen LogP contribution in [0.15, 0.2) is 12.1 Å². The van der Waals surface area contributed by atoms with Gasteiger partial charge >= 0.3 is 0 Å². The van der Waals surface area contributed by atoms with E-state index in [1.165, 1.54) is 12.1 Å². The molecule has 1 aliphatic carbocycles. The van der Waals surface area contributed by atoms with E-state index in [1.807, 2.05) is 6.92 Å². The zero-order valence-electron chi connectivity index (χ0n) is 8.68. The monoisotopic (exact) mass is 226 g/mol. The lowest BCUT2D eigenvalue weighted by Crippen LogP contribution is -2.06. The number of carbonyl (C=O) groups excluding carboxylic acids is 1. The standard InChI is InChI=1S/C12H12ClFO/c1-6-3-8(6)12(15)9-5-10(13)7(2)4-11(9)14/h4-6,8H,3H2,1-2H3. The smallest absolute Gasteiger partial charge is 0.169 e. The lowest BCUT2D eigenvalue weighted by Gasteiger charge is -2.04. The van der Waals surface area contributed by atoms with Crippen molar-refractivity contribution >= 4 is 17.4 Å². The first kappa shape index (κ1) is 10.6. The van der Waals surface area contributed by atoms with E-state index >= 15 is 0 Å². The van der Waals surface area contributed by atoms with Crippen LogP contribution in [0, 0.1) is 24.6 Å². The molecule has 1 fully saturated rings.